The van der Waals surface area contributed by atoms with Crippen LogP contribution >= 0.6 is 0 Å². The number of hydrogen-bond acceptors (Lipinski definition) is 4. The molecule has 0 aliphatic rings. The van der Waals surface area contributed by atoms with Gasteiger partial charge in [-0.25, -0.2) is 4.39 Å². The van der Waals surface area contributed by atoms with E-state index in [1.54, 1.807) is 0 Å². The minimum Gasteiger partial charge on any atom is -0.468 e. The number of anilines is 1. The summed E-state index contributed by atoms with van der Waals surface area (Å²) < 4.78 is 17.3. The molecule has 0 bridgehead atoms. The third-order valence-electron chi connectivity index (χ3n) is 2.35. The van der Waals surface area contributed by atoms with Crippen LogP contribution < -0.4 is 4.90 Å². The number of rotatable bonds is 5. The van der Waals surface area contributed by atoms with Gasteiger partial charge in [-0.15, -0.1) is 0 Å². The lowest BCUT2D eigenvalue weighted by atomic mass is 10.2. The van der Waals surface area contributed by atoms with E-state index in [1.807, 2.05) is 0 Å². The molecule has 19 heavy (non-hydrogen) atoms. The Morgan fingerprint density at radius 2 is 1.79 bits per heavy atom. The molecule has 1 aromatic carbocycles. The van der Waals surface area contributed by atoms with E-state index in [1.165, 1.54) is 38.3 Å². The van der Waals surface area contributed by atoms with Crippen molar-refractivity contribution >= 4 is 23.3 Å². The number of ether oxygens (including phenoxy) is 1. The zero-order valence-electron chi connectivity index (χ0n) is 10.7. The van der Waals surface area contributed by atoms with Crippen LogP contribution in [-0.2, 0) is 19.1 Å². The molecular weight excluding hydrogens is 253 g/mol. The molecule has 0 aliphatic heterocycles. The molecule has 0 N–H and O–H groups in total. The maximum Gasteiger partial charge on any atom is 0.325 e. The molecule has 5 nitrogen and oxygen atoms in total. The van der Waals surface area contributed by atoms with Crippen LogP contribution in [0.4, 0.5) is 10.1 Å². The zero-order chi connectivity index (χ0) is 14.4. The summed E-state index contributed by atoms with van der Waals surface area (Å²) in [5.41, 5.74) is 0.332. The van der Waals surface area contributed by atoms with E-state index < -0.39 is 17.7 Å². The van der Waals surface area contributed by atoms with Crippen LogP contribution in [0.3, 0.4) is 0 Å². The molecule has 0 spiro atoms. The second-order valence-electron chi connectivity index (χ2n) is 3.91. The minimum absolute atomic E-state index is 0.318. The van der Waals surface area contributed by atoms with Crippen LogP contribution in [0.1, 0.15) is 13.3 Å². The first-order valence-corrected chi connectivity index (χ1v) is 5.56. The van der Waals surface area contributed by atoms with Crippen LogP contribution in [-0.4, -0.2) is 31.3 Å². The largest absolute Gasteiger partial charge is 0.468 e. The van der Waals surface area contributed by atoms with Gasteiger partial charge in [-0.3, -0.25) is 14.4 Å². The van der Waals surface area contributed by atoms with Crippen molar-refractivity contribution in [2.75, 3.05) is 18.6 Å². The molecule has 0 heterocycles. The topological polar surface area (TPSA) is 63.7 Å². The standard InChI is InChI=1S/C13H14FNO4/c1-9(16)7-12(17)15(8-13(18)19-2)11-5-3-10(14)4-6-11/h3-6H,7-8H2,1-2H3. The number of esters is 1. The fraction of sp³-hybridized carbons (Fsp3) is 0.308. The predicted molar refractivity (Wildman–Crippen MR) is 66.1 cm³/mol. The number of halogens is 1. The summed E-state index contributed by atoms with van der Waals surface area (Å²) in [6, 6.07) is 5.05. The van der Waals surface area contributed by atoms with E-state index in [-0.39, 0.29) is 18.7 Å². The molecule has 1 aromatic rings. The van der Waals surface area contributed by atoms with Crippen LogP contribution in [0, 0.1) is 5.82 Å². The van der Waals surface area contributed by atoms with Gasteiger partial charge in [-0.2, -0.15) is 0 Å². The van der Waals surface area contributed by atoms with E-state index in [0.29, 0.717) is 5.69 Å². The Labute approximate surface area is 110 Å². The molecule has 0 saturated heterocycles. The fourth-order valence-corrected chi connectivity index (χ4v) is 1.45. The summed E-state index contributed by atoms with van der Waals surface area (Å²) in [6.45, 7) is 0.952. The van der Waals surface area contributed by atoms with E-state index >= 15 is 0 Å². The van der Waals surface area contributed by atoms with Gasteiger partial charge in [-0.05, 0) is 31.2 Å². The second-order valence-corrected chi connectivity index (χ2v) is 3.91. The lowest BCUT2D eigenvalue weighted by molar-refractivity contribution is -0.140. The molecule has 0 fully saturated rings. The average molecular weight is 267 g/mol. The lowest BCUT2D eigenvalue weighted by Gasteiger charge is -2.21. The second kappa shape index (κ2) is 6.63. The van der Waals surface area contributed by atoms with Gasteiger partial charge in [0.2, 0.25) is 5.91 Å². The molecule has 1 amide bonds. The van der Waals surface area contributed by atoms with Gasteiger partial charge in [-0.1, -0.05) is 0 Å². The smallest absolute Gasteiger partial charge is 0.325 e. The molecule has 1 rings (SSSR count). The number of carbonyl (C=O) groups excluding carboxylic acids is 3. The first-order chi connectivity index (χ1) is 8.93. The SMILES string of the molecule is COC(=O)CN(C(=O)CC(C)=O)c1ccc(F)cc1. The van der Waals surface area contributed by atoms with Crippen molar-refractivity contribution in [3.8, 4) is 0 Å². The van der Waals surface area contributed by atoms with Gasteiger partial charge in [0.05, 0.1) is 13.5 Å². The Kier molecular flexibility index (Phi) is 5.17. The molecule has 0 unspecified atom stereocenters. The van der Waals surface area contributed by atoms with Crippen molar-refractivity contribution in [1.29, 1.82) is 0 Å². The monoisotopic (exact) mass is 267 g/mol. The molecule has 0 aliphatic carbocycles. The van der Waals surface area contributed by atoms with Crippen LogP contribution in [0.5, 0.6) is 0 Å². The molecule has 0 aromatic heterocycles. The summed E-state index contributed by atoms with van der Waals surface area (Å²) in [5.74, 6) is -1.94. The Hall–Kier alpha value is -2.24. The lowest BCUT2D eigenvalue weighted by Crippen LogP contribution is -2.37. The number of amides is 1. The summed E-state index contributed by atoms with van der Waals surface area (Å²) in [6.07, 6.45) is -0.325. The molecule has 0 saturated carbocycles. The van der Waals surface area contributed by atoms with Crippen molar-refractivity contribution < 1.29 is 23.5 Å². The Morgan fingerprint density at radius 1 is 1.21 bits per heavy atom. The Balaban J connectivity index is 2.97. The molecule has 0 atom stereocenters. The predicted octanol–water partition coefficient (Wildman–Crippen LogP) is 1.31. The first kappa shape index (κ1) is 14.8. The minimum atomic E-state index is -0.624. The number of carbonyl (C=O) groups is 3. The van der Waals surface area contributed by atoms with Crippen LogP contribution in [0.15, 0.2) is 24.3 Å². The van der Waals surface area contributed by atoms with E-state index in [0.717, 1.165) is 4.90 Å². The zero-order valence-corrected chi connectivity index (χ0v) is 10.7. The maximum atomic E-state index is 12.8. The van der Waals surface area contributed by atoms with Gasteiger partial charge in [0.25, 0.3) is 0 Å². The normalized spacial score (nSPS) is 9.84. The van der Waals surface area contributed by atoms with Crippen LogP contribution in [0.25, 0.3) is 0 Å². The van der Waals surface area contributed by atoms with Crippen molar-refractivity contribution in [3.63, 3.8) is 0 Å². The summed E-state index contributed by atoms with van der Waals surface area (Å²) >= 11 is 0. The maximum absolute atomic E-state index is 12.8. The van der Waals surface area contributed by atoms with Gasteiger partial charge in [0.1, 0.15) is 18.1 Å². The molecule has 6 heteroatoms. The van der Waals surface area contributed by atoms with Gasteiger partial charge < -0.3 is 9.64 Å². The van der Waals surface area contributed by atoms with Crippen molar-refractivity contribution in [1.82, 2.24) is 0 Å². The molecular formula is C13H14FNO4. The fourth-order valence-electron chi connectivity index (χ4n) is 1.45. The van der Waals surface area contributed by atoms with Crippen molar-refractivity contribution in [2.24, 2.45) is 0 Å². The quantitative estimate of drug-likeness (QED) is 0.596. The number of Topliss-reactive ketones (excluding diaryl/α,β-unsaturated/α-hetero) is 1. The number of nitrogens with zero attached hydrogens (tertiary/aromatic N) is 1. The summed E-state index contributed by atoms with van der Waals surface area (Å²) in [4.78, 5) is 35.2. The Morgan fingerprint density at radius 3 is 2.26 bits per heavy atom. The van der Waals surface area contributed by atoms with Gasteiger partial charge in [0, 0.05) is 5.69 Å². The van der Waals surface area contributed by atoms with E-state index in [4.69, 9.17) is 0 Å². The van der Waals surface area contributed by atoms with Gasteiger partial charge >= 0.3 is 5.97 Å². The third-order valence-corrected chi connectivity index (χ3v) is 2.35. The van der Waals surface area contributed by atoms with E-state index in [2.05, 4.69) is 4.74 Å². The summed E-state index contributed by atoms with van der Waals surface area (Å²) in [5, 5.41) is 0. The highest BCUT2D eigenvalue weighted by Gasteiger charge is 2.20. The first-order valence-electron chi connectivity index (χ1n) is 5.56. The van der Waals surface area contributed by atoms with Gasteiger partial charge in [0.15, 0.2) is 0 Å². The van der Waals surface area contributed by atoms with E-state index in [9.17, 15) is 18.8 Å². The highest BCUT2D eigenvalue weighted by atomic mass is 19.1. The number of hydrogen-bond donors (Lipinski definition) is 0. The summed E-state index contributed by atoms with van der Waals surface area (Å²) in [7, 11) is 1.20. The average Bonchev–Trinajstić information content (AvgIpc) is 2.36. The highest BCUT2D eigenvalue weighted by Crippen LogP contribution is 2.16. The molecule has 0 radical (unpaired) electrons. The number of methoxy groups -OCH3 is 1. The third kappa shape index (κ3) is 4.50. The van der Waals surface area contributed by atoms with Crippen molar-refractivity contribution in [2.45, 2.75) is 13.3 Å². The number of ketones is 1. The highest BCUT2D eigenvalue weighted by molar-refractivity contribution is 6.06. The molecule has 102 valence electrons. The number of benzene rings is 1. The van der Waals surface area contributed by atoms with Crippen molar-refractivity contribution in [3.05, 3.63) is 30.1 Å². The Bertz CT molecular complexity index is 484. The van der Waals surface area contributed by atoms with Crippen LogP contribution in [0.2, 0.25) is 0 Å².